The molecule has 10 rings (SSSR count). The highest BCUT2D eigenvalue weighted by molar-refractivity contribution is 5.97. The van der Waals surface area contributed by atoms with Crippen LogP contribution in [0.25, 0.3) is 101 Å². The Balaban J connectivity index is 1.08. The molecule has 0 bridgehead atoms. The van der Waals surface area contributed by atoms with Gasteiger partial charge in [0.1, 0.15) is 11.4 Å². The average Bonchev–Trinajstić information content (AvgIpc) is 3.26. The summed E-state index contributed by atoms with van der Waals surface area (Å²) in [5, 5.41) is 4.45. The van der Waals surface area contributed by atoms with Crippen LogP contribution in [0.5, 0.6) is 0 Å². The van der Waals surface area contributed by atoms with E-state index in [0.717, 1.165) is 71.8 Å². The standard InChI is InChI=1S/C47H29N7/c1-3-15-35-31(11-1)13-9-17-37(35)46-52-45(53-47(54-46)38-18-10-14-32-12-2-4-16-36(32)38)33-23-21-30(22-24-33)34-25-26-39-42(29-34)51-44(41-20-6-8-28-49-41)43(50-39)40-19-5-7-27-48-40/h1-29H. The molecule has 4 aromatic heterocycles. The van der Waals surface area contributed by atoms with Gasteiger partial charge < -0.3 is 0 Å². The van der Waals surface area contributed by atoms with Crippen molar-refractivity contribution in [2.45, 2.75) is 0 Å². The second-order valence-corrected chi connectivity index (χ2v) is 13.0. The van der Waals surface area contributed by atoms with E-state index in [1.54, 1.807) is 12.4 Å². The molecular weight excluding hydrogens is 663 g/mol. The molecule has 0 spiro atoms. The fourth-order valence-corrected chi connectivity index (χ4v) is 7.00. The fraction of sp³-hybridized carbons (Fsp3) is 0. The molecule has 0 saturated heterocycles. The highest BCUT2D eigenvalue weighted by Crippen LogP contribution is 2.34. The Kier molecular flexibility index (Phi) is 7.66. The van der Waals surface area contributed by atoms with Crippen LogP contribution in [0.3, 0.4) is 0 Å². The van der Waals surface area contributed by atoms with E-state index in [1.165, 1.54) is 0 Å². The van der Waals surface area contributed by atoms with Crippen molar-refractivity contribution in [2.24, 2.45) is 0 Å². The maximum atomic E-state index is 5.10. The van der Waals surface area contributed by atoms with Gasteiger partial charge in [0.2, 0.25) is 0 Å². The van der Waals surface area contributed by atoms with Gasteiger partial charge in [0.15, 0.2) is 17.5 Å². The Morgan fingerprint density at radius 1 is 0.315 bits per heavy atom. The van der Waals surface area contributed by atoms with Crippen LogP contribution < -0.4 is 0 Å². The molecule has 0 aliphatic rings. The number of rotatable bonds is 6. The first-order valence-corrected chi connectivity index (χ1v) is 17.7. The molecular formula is C47H29N7. The second kappa shape index (κ2) is 13.2. The third kappa shape index (κ3) is 5.70. The summed E-state index contributed by atoms with van der Waals surface area (Å²) >= 11 is 0. The summed E-state index contributed by atoms with van der Waals surface area (Å²) in [6.45, 7) is 0. The molecule has 7 nitrogen and oxygen atoms in total. The summed E-state index contributed by atoms with van der Waals surface area (Å²) in [6, 6.07) is 55.3. The zero-order chi connectivity index (χ0) is 35.8. The topological polar surface area (TPSA) is 90.2 Å². The summed E-state index contributed by atoms with van der Waals surface area (Å²) in [7, 11) is 0. The van der Waals surface area contributed by atoms with Crippen LogP contribution in [0.4, 0.5) is 0 Å². The van der Waals surface area contributed by atoms with Gasteiger partial charge in [-0.1, -0.05) is 127 Å². The zero-order valence-corrected chi connectivity index (χ0v) is 28.9. The van der Waals surface area contributed by atoms with Crippen molar-refractivity contribution >= 4 is 32.6 Å². The van der Waals surface area contributed by atoms with E-state index in [0.29, 0.717) is 28.9 Å². The van der Waals surface area contributed by atoms with Gasteiger partial charge in [-0.2, -0.15) is 0 Å². The lowest BCUT2D eigenvalue weighted by Crippen LogP contribution is -2.01. The lowest BCUT2D eigenvalue weighted by atomic mass is 10.0. The van der Waals surface area contributed by atoms with Gasteiger partial charge in [-0.3, -0.25) is 9.97 Å². The number of nitrogens with zero attached hydrogens (tertiary/aromatic N) is 7. The van der Waals surface area contributed by atoms with Crippen molar-refractivity contribution < 1.29 is 0 Å². The predicted octanol–water partition coefficient (Wildman–Crippen LogP) is 10.9. The number of hydrogen-bond donors (Lipinski definition) is 0. The molecule has 4 heterocycles. The molecule has 10 aromatic rings. The van der Waals surface area contributed by atoms with Crippen LogP contribution in [-0.2, 0) is 0 Å². The van der Waals surface area contributed by atoms with E-state index in [-0.39, 0.29) is 0 Å². The smallest absolute Gasteiger partial charge is 0.164 e. The van der Waals surface area contributed by atoms with Crippen molar-refractivity contribution in [3.8, 4) is 68.1 Å². The molecule has 0 aliphatic heterocycles. The predicted molar refractivity (Wildman–Crippen MR) is 216 cm³/mol. The Hall–Kier alpha value is -7.51. The van der Waals surface area contributed by atoms with Crippen LogP contribution in [0.2, 0.25) is 0 Å². The molecule has 7 heteroatoms. The van der Waals surface area contributed by atoms with Gasteiger partial charge in [0.05, 0.1) is 22.4 Å². The third-order valence-electron chi connectivity index (χ3n) is 9.65. The quantitative estimate of drug-likeness (QED) is 0.171. The third-order valence-corrected chi connectivity index (χ3v) is 9.65. The monoisotopic (exact) mass is 691 g/mol. The molecule has 0 amide bonds. The minimum absolute atomic E-state index is 0.605. The highest BCUT2D eigenvalue weighted by Gasteiger charge is 2.18. The van der Waals surface area contributed by atoms with Gasteiger partial charge >= 0.3 is 0 Å². The molecule has 0 aliphatic carbocycles. The maximum Gasteiger partial charge on any atom is 0.164 e. The molecule has 0 saturated carbocycles. The SMILES string of the molecule is c1ccc(-c2nc3ccc(-c4ccc(-c5nc(-c6cccc7ccccc67)nc(-c6cccc7ccccc67)n5)cc4)cc3nc2-c2ccccn2)nc1. The molecule has 54 heavy (non-hydrogen) atoms. The van der Waals surface area contributed by atoms with E-state index >= 15 is 0 Å². The molecule has 6 aromatic carbocycles. The zero-order valence-electron chi connectivity index (χ0n) is 28.9. The van der Waals surface area contributed by atoms with Crippen molar-refractivity contribution in [2.75, 3.05) is 0 Å². The largest absolute Gasteiger partial charge is 0.255 e. The maximum absolute atomic E-state index is 5.10. The Morgan fingerprint density at radius 3 is 1.37 bits per heavy atom. The van der Waals surface area contributed by atoms with E-state index in [4.69, 9.17) is 24.9 Å². The molecule has 0 N–H and O–H groups in total. The fourth-order valence-electron chi connectivity index (χ4n) is 7.00. The van der Waals surface area contributed by atoms with Crippen LogP contribution in [0, 0.1) is 0 Å². The minimum atomic E-state index is 0.605. The Morgan fingerprint density at radius 2 is 0.796 bits per heavy atom. The van der Waals surface area contributed by atoms with Gasteiger partial charge in [-0.05, 0) is 69.1 Å². The number of aromatic nitrogens is 7. The van der Waals surface area contributed by atoms with Crippen LogP contribution in [0.1, 0.15) is 0 Å². The van der Waals surface area contributed by atoms with Crippen LogP contribution in [-0.4, -0.2) is 34.9 Å². The van der Waals surface area contributed by atoms with Crippen molar-refractivity contribution in [1.82, 2.24) is 34.9 Å². The van der Waals surface area contributed by atoms with E-state index in [1.807, 2.05) is 42.5 Å². The summed E-state index contributed by atoms with van der Waals surface area (Å²) < 4.78 is 0. The van der Waals surface area contributed by atoms with Crippen LogP contribution in [0.15, 0.2) is 176 Å². The first kappa shape index (κ1) is 31.2. The normalized spacial score (nSPS) is 11.3. The number of fused-ring (bicyclic) bond motifs is 3. The number of hydrogen-bond acceptors (Lipinski definition) is 7. The van der Waals surface area contributed by atoms with Gasteiger partial charge in [0, 0.05) is 29.1 Å². The second-order valence-electron chi connectivity index (χ2n) is 13.0. The molecule has 0 radical (unpaired) electrons. The van der Waals surface area contributed by atoms with Gasteiger partial charge in [-0.15, -0.1) is 0 Å². The van der Waals surface area contributed by atoms with E-state index in [2.05, 4.69) is 131 Å². The summed E-state index contributed by atoms with van der Waals surface area (Å²) in [5.41, 5.74) is 9.29. The first-order chi connectivity index (χ1) is 26.7. The van der Waals surface area contributed by atoms with Crippen molar-refractivity contribution in [3.05, 3.63) is 176 Å². The van der Waals surface area contributed by atoms with E-state index < -0.39 is 0 Å². The van der Waals surface area contributed by atoms with Crippen LogP contribution >= 0.6 is 0 Å². The van der Waals surface area contributed by atoms with Gasteiger partial charge in [0.25, 0.3) is 0 Å². The molecule has 0 fully saturated rings. The average molecular weight is 692 g/mol. The van der Waals surface area contributed by atoms with Crippen molar-refractivity contribution in [3.63, 3.8) is 0 Å². The summed E-state index contributed by atoms with van der Waals surface area (Å²) in [4.78, 5) is 34.6. The van der Waals surface area contributed by atoms with E-state index in [9.17, 15) is 0 Å². The van der Waals surface area contributed by atoms with Crippen molar-refractivity contribution in [1.29, 1.82) is 0 Å². The van der Waals surface area contributed by atoms with Gasteiger partial charge in [-0.25, -0.2) is 24.9 Å². The Labute approximate surface area is 310 Å². The summed E-state index contributed by atoms with van der Waals surface area (Å²) in [6.07, 6.45) is 3.53. The molecule has 252 valence electrons. The Bertz CT molecular complexity index is 2880. The lowest BCUT2D eigenvalue weighted by molar-refractivity contribution is 1.08. The number of pyridine rings is 2. The summed E-state index contributed by atoms with van der Waals surface area (Å²) in [5.74, 6) is 1.87. The number of benzene rings is 6. The lowest BCUT2D eigenvalue weighted by Gasteiger charge is -2.12. The molecule has 0 atom stereocenters. The highest BCUT2D eigenvalue weighted by atomic mass is 15.0. The molecule has 0 unspecified atom stereocenters. The minimum Gasteiger partial charge on any atom is -0.255 e. The first-order valence-electron chi connectivity index (χ1n) is 17.7.